The number of fused-ring (bicyclic) bond motifs is 2. The van der Waals surface area contributed by atoms with Gasteiger partial charge in [-0.05, 0) is 61.6 Å². The third kappa shape index (κ3) is 7.12. The molecule has 4 aromatic rings. The molecule has 45 heavy (non-hydrogen) atoms. The zero-order valence-corrected chi connectivity index (χ0v) is 28.9. The van der Waals surface area contributed by atoms with Crippen molar-refractivity contribution in [3.63, 3.8) is 0 Å². The van der Waals surface area contributed by atoms with E-state index in [-0.39, 0.29) is 60.3 Å². The molecule has 3 atom stereocenters. The number of thiophene rings is 1. The van der Waals surface area contributed by atoms with Crippen LogP contribution in [0.15, 0.2) is 18.2 Å². The minimum Gasteiger partial charge on any atom is -0.463 e. The molecule has 0 aliphatic rings. The van der Waals surface area contributed by atoms with Crippen molar-refractivity contribution < 1.29 is 13.5 Å². The fraction of sp³-hybridized carbons (Fsp3) is 0.514. The average Bonchev–Trinajstić information content (AvgIpc) is 3.35. The molecule has 0 aliphatic carbocycles. The molecule has 2 aromatic carbocycles. The lowest BCUT2D eigenvalue weighted by Crippen LogP contribution is -2.41. The first-order valence-electron chi connectivity index (χ1n) is 16.0. The van der Waals surface area contributed by atoms with E-state index in [1.54, 1.807) is 6.07 Å². The Balaban J connectivity index is 2.01. The minimum absolute atomic E-state index is 0.0275. The van der Waals surface area contributed by atoms with E-state index in [4.69, 9.17) is 27.1 Å². The molecule has 3 unspecified atom stereocenters. The maximum absolute atomic E-state index is 17.0. The molecule has 0 bridgehead atoms. The molecule has 0 aliphatic heterocycles. The smallest absolute Gasteiger partial charge is 0.319 e. The highest BCUT2D eigenvalue weighted by Gasteiger charge is 2.29. The minimum atomic E-state index is -0.688. The molecule has 2 N–H and O–H groups in total. The standard InChI is InChI=1S/C35H44ClF2N5OS/c1-8-11-20(6)18-44-35-41-31-23(34(42-35)43(10-3)27(21(7)9-2)15-12-19(4)5)16-25(36)29(30(31)38)22-13-14-26(37)32-28(22)24(17-39)33(40)45-32/h13-14,16,19-21,27H,8-12,15,18,40H2,1-7H3. The molecular formula is C35H44ClF2N5OS. The second-order valence-corrected chi connectivity index (χ2v) is 13.9. The molecule has 4 rings (SSSR count). The SMILES string of the molecule is CCCC(C)COc1nc(N(CC)C(CCC(C)C)C(C)CC)c2cc(Cl)c(-c3ccc(F)c4sc(N)c(C#N)c34)c(F)c2n1. The van der Waals surface area contributed by atoms with Crippen molar-refractivity contribution in [2.24, 2.45) is 17.8 Å². The maximum atomic E-state index is 17.0. The number of anilines is 2. The first-order chi connectivity index (χ1) is 21.5. The van der Waals surface area contributed by atoms with Crippen molar-refractivity contribution in [3.8, 4) is 23.2 Å². The maximum Gasteiger partial charge on any atom is 0.319 e. The number of aromatic nitrogens is 2. The van der Waals surface area contributed by atoms with Gasteiger partial charge in [-0.3, -0.25) is 0 Å². The quantitative estimate of drug-likeness (QED) is 0.145. The van der Waals surface area contributed by atoms with E-state index >= 15 is 4.39 Å². The highest BCUT2D eigenvalue weighted by molar-refractivity contribution is 7.23. The Morgan fingerprint density at radius 1 is 1.09 bits per heavy atom. The fourth-order valence-corrected chi connectivity index (χ4v) is 7.30. The van der Waals surface area contributed by atoms with Gasteiger partial charge in [-0.15, -0.1) is 11.3 Å². The van der Waals surface area contributed by atoms with Gasteiger partial charge in [0.05, 0.1) is 21.9 Å². The summed E-state index contributed by atoms with van der Waals surface area (Å²) in [4.78, 5) is 11.7. The van der Waals surface area contributed by atoms with Crippen LogP contribution in [0.3, 0.4) is 0 Å². The molecule has 0 saturated carbocycles. The van der Waals surface area contributed by atoms with Crippen LogP contribution >= 0.6 is 22.9 Å². The van der Waals surface area contributed by atoms with Crippen molar-refractivity contribution in [3.05, 3.63) is 40.4 Å². The van der Waals surface area contributed by atoms with Gasteiger partial charge in [0.15, 0.2) is 5.82 Å². The Morgan fingerprint density at radius 3 is 2.44 bits per heavy atom. The Hall–Kier alpha value is -3.22. The number of rotatable bonds is 14. The Labute approximate surface area is 274 Å². The van der Waals surface area contributed by atoms with Gasteiger partial charge in [-0.25, -0.2) is 8.78 Å². The van der Waals surface area contributed by atoms with Gasteiger partial charge in [0.2, 0.25) is 0 Å². The molecule has 2 aromatic heterocycles. The second kappa shape index (κ2) is 14.9. The van der Waals surface area contributed by atoms with Crippen molar-refractivity contribution in [2.75, 3.05) is 23.8 Å². The summed E-state index contributed by atoms with van der Waals surface area (Å²) >= 11 is 7.86. The van der Waals surface area contributed by atoms with E-state index in [2.05, 4.69) is 64.4 Å². The number of benzene rings is 2. The van der Waals surface area contributed by atoms with E-state index in [9.17, 15) is 9.65 Å². The van der Waals surface area contributed by atoms with Gasteiger partial charge in [0, 0.05) is 28.9 Å². The lowest BCUT2D eigenvalue weighted by molar-refractivity contribution is 0.234. The highest BCUT2D eigenvalue weighted by Crippen LogP contribution is 2.46. The molecule has 6 nitrogen and oxygen atoms in total. The van der Waals surface area contributed by atoms with Crippen LogP contribution in [0.2, 0.25) is 5.02 Å². The molecule has 0 spiro atoms. The Kier molecular flexibility index (Phi) is 11.5. The topological polar surface area (TPSA) is 88.1 Å². The largest absolute Gasteiger partial charge is 0.463 e. The van der Waals surface area contributed by atoms with E-state index in [1.165, 1.54) is 12.1 Å². The zero-order valence-electron chi connectivity index (χ0n) is 27.3. The summed E-state index contributed by atoms with van der Waals surface area (Å²) in [5, 5.41) is 10.8. The number of halogens is 3. The van der Waals surface area contributed by atoms with Crippen LogP contribution in [0.5, 0.6) is 6.01 Å². The van der Waals surface area contributed by atoms with Crippen molar-refractivity contribution in [1.29, 1.82) is 5.26 Å². The normalized spacial score (nSPS) is 13.7. The number of nitrogen functional groups attached to an aromatic ring is 1. The number of ether oxygens (including phenoxy) is 1. The van der Waals surface area contributed by atoms with Crippen molar-refractivity contribution in [2.45, 2.75) is 86.6 Å². The van der Waals surface area contributed by atoms with Crippen LogP contribution in [0.1, 0.15) is 86.1 Å². The van der Waals surface area contributed by atoms with Crippen LogP contribution in [0.25, 0.3) is 32.1 Å². The molecule has 0 amide bonds. The first kappa shape index (κ1) is 34.6. The summed E-state index contributed by atoms with van der Waals surface area (Å²) in [6.07, 6.45) is 4.97. The van der Waals surface area contributed by atoms with E-state index in [1.807, 2.05) is 0 Å². The number of nitrogens with two attached hydrogens (primary N) is 1. The summed E-state index contributed by atoms with van der Waals surface area (Å²) in [7, 11) is 0. The van der Waals surface area contributed by atoms with Gasteiger partial charge in [0.25, 0.3) is 0 Å². The average molecular weight is 656 g/mol. The molecule has 0 radical (unpaired) electrons. The van der Waals surface area contributed by atoms with Gasteiger partial charge in [0.1, 0.15) is 28.2 Å². The lowest BCUT2D eigenvalue weighted by atomic mass is 9.90. The molecular weight excluding hydrogens is 612 g/mol. The van der Waals surface area contributed by atoms with Gasteiger partial charge in [-0.1, -0.05) is 72.1 Å². The van der Waals surface area contributed by atoms with Crippen molar-refractivity contribution >= 4 is 54.7 Å². The molecule has 2 heterocycles. The molecule has 0 fully saturated rings. The van der Waals surface area contributed by atoms with Crippen molar-refractivity contribution in [1.82, 2.24) is 9.97 Å². The van der Waals surface area contributed by atoms with Crippen LogP contribution in [-0.4, -0.2) is 29.2 Å². The second-order valence-electron chi connectivity index (χ2n) is 12.4. The highest BCUT2D eigenvalue weighted by atomic mass is 35.5. The van der Waals surface area contributed by atoms with Crippen LogP contribution < -0.4 is 15.4 Å². The summed E-state index contributed by atoms with van der Waals surface area (Å²) in [6, 6.07) is 6.68. The predicted octanol–water partition coefficient (Wildman–Crippen LogP) is 10.4. The van der Waals surface area contributed by atoms with Gasteiger partial charge < -0.3 is 15.4 Å². The Bertz CT molecular complexity index is 1700. The molecule has 0 saturated heterocycles. The van der Waals surface area contributed by atoms with E-state index in [0.717, 1.165) is 43.4 Å². The number of nitrogens with zero attached hydrogens (tertiary/aromatic N) is 4. The van der Waals surface area contributed by atoms with Crippen LogP contribution in [0, 0.1) is 40.7 Å². The summed E-state index contributed by atoms with van der Waals surface area (Å²) < 4.78 is 38.1. The monoisotopic (exact) mass is 655 g/mol. The summed E-state index contributed by atoms with van der Waals surface area (Å²) in [5.74, 6) is 0.495. The molecule has 242 valence electrons. The van der Waals surface area contributed by atoms with Crippen LogP contribution in [0.4, 0.5) is 19.6 Å². The third-order valence-corrected chi connectivity index (χ3v) is 10.00. The van der Waals surface area contributed by atoms with E-state index < -0.39 is 11.6 Å². The number of hydrogen-bond donors (Lipinski definition) is 1. The summed E-state index contributed by atoms with van der Waals surface area (Å²) in [5.41, 5.74) is 6.54. The van der Waals surface area contributed by atoms with E-state index in [0.29, 0.717) is 36.2 Å². The van der Waals surface area contributed by atoms with Gasteiger partial charge in [-0.2, -0.15) is 15.2 Å². The first-order valence-corrected chi connectivity index (χ1v) is 17.2. The Morgan fingerprint density at radius 2 is 1.82 bits per heavy atom. The zero-order chi connectivity index (χ0) is 33.0. The van der Waals surface area contributed by atoms with Gasteiger partial charge >= 0.3 is 6.01 Å². The van der Waals surface area contributed by atoms with Crippen LogP contribution in [-0.2, 0) is 0 Å². The lowest BCUT2D eigenvalue weighted by Gasteiger charge is -2.37. The number of hydrogen-bond acceptors (Lipinski definition) is 7. The number of nitriles is 1. The predicted molar refractivity (Wildman–Crippen MR) is 184 cm³/mol. The fourth-order valence-electron chi connectivity index (χ4n) is 6.06. The summed E-state index contributed by atoms with van der Waals surface area (Å²) in [6.45, 7) is 16.2. The third-order valence-electron chi connectivity index (χ3n) is 8.67. The molecule has 10 heteroatoms.